The lowest BCUT2D eigenvalue weighted by Crippen LogP contribution is -2.27. The number of nitrogens with two attached hydrogens (primary N) is 1. The van der Waals surface area contributed by atoms with E-state index in [-0.39, 0.29) is 0 Å². The van der Waals surface area contributed by atoms with Crippen LogP contribution in [0.4, 0.5) is 11.6 Å². The van der Waals surface area contributed by atoms with Crippen molar-refractivity contribution in [1.82, 2.24) is 9.97 Å². The Morgan fingerprint density at radius 3 is 2.38 bits per heavy atom. The fourth-order valence-electron chi connectivity index (χ4n) is 2.77. The lowest BCUT2D eigenvalue weighted by molar-refractivity contribution is 0.778. The third-order valence-electron chi connectivity index (χ3n) is 3.97. The van der Waals surface area contributed by atoms with E-state index in [0.717, 1.165) is 44.0 Å². The number of hydrazine groups is 1. The number of aryl methyl sites for hydroxylation is 1. The smallest absolute Gasteiger partial charge is 0.145 e. The summed E-state index contributed by atoms with van der Waals surface area (Å²) in [6, 6.07) is 10.6. The van der Waals surface area contributed by atoms with Crippen LogP contribution in [0.25, 0.3) is 0 Å². The molecule has 110 valence electrons. The molecule has 3 N–H and O–H groups in total. The van der Waals surface area contributed by atoms with Crippen LogP contribution in [-0.4, -0.2) is 23.1 Å². The molecule has 1 aliphatic rings. The number of anilines is 2. The van der Waals surface area contributed by atoms with Crippen LogP contribution in [0.15, 0.2) is 30.3 Å². The standard InChI is InChI=1S/C16H21N5/c1-2-14-18-15(20-17)11-16(19-14)21-9-7-12-5-3-4-6-13(12)8-10-21/h3-6,11H,2,7-10,17H2,1H3,(H,18,19,20). The molecule has 0 bridgehead atoms. The van der Waals surface area contributed by atoms with Crippen molar-refractivity contribution < 1.29 is 0 Å². The van der Waals surface area contributed by atoms with E-state index in [1.165, 1.54) is 11.1 Å². The SMILES string of the molecule is CCc1nc(NN)cc(N2CCc3ccccc3CC2)n1. The number of nitrogens with one attached hydrogen (secondary N) is 1. The van der Waals surface area contributed by atoms with Crippen LogP contribution in [0.1, 0.15) is 23.9 Å². The molecule has 21 heavy (non-hydrogen) atoms. The average Bonchev–Trinajstić information content (AvgIpc) is 2.77. The second-order valence-corrected chi connectivity index (χ2v) is 5.28. The molecule has 0 amide bonds. The van der Waals surface area contributed by atoms with Crippen molar-refractivity contribution in [2.75, 3.05) is 23.4 Å². The molecule has 1 aliphatic heterocycles. The normalized spacial score (nSPS) is 14.5. The van der Waals surface area contributed by atoms with Gasteiger partial charge in [-0.2, -0.15) is 0 Å². The summed E-state index contributed by atoms with van der Waals surface area (Å²) in [5, 5.41) is 0. The van der Waals surface area contributed by atoms with E-state index < -0.39 is 0 Å². The summed E-state index contributed by atoms with van der Waals surface area (Å²) in [6.45, 7) is 4.00. The Bertz CT molecular complexity index is 577. The molecular formula is C16H21N5. The molecule has 3 rings (SSSR count). The predicted octanol–water partition coefficient (Wildman–Crippen LogP) is 1.93. The van der Waals surface area contributed by atoms with Crippen LogP contribution in [0.2, 0.25) is 0 Å². The Morgan fingerprint density at radius 1 is 1.14 bits per heavy atom. The maximum atomic E-state index is 5.51. The maximum Gasteiger partial charge on any atom is 0.145 e. The third-order valence-corrected chi connectivity index (χ3v) is 3.97. The number of fused-ring (bicyclic) bond motifs is 1. The van der Waals surface area contributed by atoms with Gasteiger partial charge in [0, 0.05) is 25.6 Å². The summed E-state index contributed by atoms with van der Waals surface area (Å²) in [6.07, 6.45) is 2.90. The average molecular weight is 283 g/mol. The number of rotatable bonds is 3. The van der Waals surface area contributed by atoms with Gasteiger partial charge in [-0.1, -0.05) is 31.2 Å². The van der Waals surface area contributed by atoms with Crippen molar-refractivity contribution in [2.45, 2.75) is 26.2 Å². The summed E-state index contributed by atoms with van der Waals surface area (Å²) in [5.41, 5.74) is 5.53. The number of hydrogen-bond acceptors (Lipinski definition) is 5. The zero-order valence-electron chi connectivity index (χ0n) is 12.3. The number of nitrogens with zero attached hydrogens (tertiary/aromatic N) is 3. The van der Waals surface area contributed by atoms with Crippen LogP contribution in [0, 0.1) is 0 Å². The van der Waals surface area contributed by atoms with Crippen LogP contribution < -0.4 is 16.2 Å². The van der Waals surface area contributed by atoms with E-state index in [1.54, 1.807) is 0 Å². The number of hydrogen-bond donors (Lipinski definition) is 2. The largest absolute Gasteiger partial charge is 0.356 e. The molecule has 0 atom stereocenters. The molecule has 0 spiro atoms. The molecule has 0 unspecified atom stereocenters. The first-order valence-corrected chi connectivity index (χ1v) is 7.46. The van der Waals surface area contributed by atoms with Crippen LogP contribution >= 0.6 is 0 Å². The van der Waals surface area contributed by atoms with Crippen molar-refractivity contribution in [3.05, 3.63) is 47.3 Å². The first-order chi connectivity index (χ1) is 10.3. The van der Waals surface area contributed by atoms with Gasteiger partial charge < -0.3 is 10.3 Å². The molecule has 0 aliphatic carbocycles. The maximum absolute atomic E-state index is 5.51. The van der Waals surface area contributed by atoms with E-state index >= 15 is 0 Å². The van der Waals surface area contributed by atoms with E-state index in [2.05, 4.69) is 51.5 Å². The zero-order valence-corrected chi connectivity index (χ0v) is 12.3. The molecule has 1 aromatic heterocycles. The van der Waals surface area contributed by atoms with Crippen LogP contribution in [0.3, 0.4) is 0 Å². The van der Waals surface area contributed by atoms with E-state index in [0.29, 0.717) is 5.82 Å². The number of benzene rings is 1. The van der Waals surface area contributed by atoms with Gasteiger partial charge in [-0.3, -0.25) is 0 Å². The minimum absolute atomic E-state index is 0.679. The van der Waals surface area contributed by atoms with E-state index in [1.807, 2.05) is 6.07 Å². The second-order valence-electron chi connectivity index (χ2n) is 5.28. The topological polar surface area (TPSA) is 67.1 Å². The van der Waals surface area contributed by atoms with E-state index in [4.69, 9.17) is 5.84 Å². The third kappa shape index (κ3) is 2.97. The molecule has 2 aromatic rings. The lowest BCUT2D eigenvalue weighted by Gasteiger charge is -2.22. The van der Waals surface area contributed by atoms with Gasteiger partial charge in [0.2, 0.25) is 0 Å². The van der Waals surface area contributed by atoms with Gasteiger partial charge in [-0.15, -0.1) is 0 Å². The monoisotopic (exact) mass is 283 g/mol. The summed E-state index contributed by atoms with van der Waals surface area (Å²) >= 11 is 0. The van der Waals surface area contributed by atoms with E-state index in [9.17, 15) is 0 Å². The van der Waals surface area contributed by atoms with Crippen molar-refractivity contribution in [1.29, 1.82) is 0 Å². The first kappa shape index (κ1) is 13.8. The molecule has 0 radical (unpaired) electrons. The fraction of sp³-hybridized carbons (Fsp3) is 0.375. The van der Waals surface area contributed by atoms with Crippen molar-refractivity contribution in [3.63, 3.8) is 0 Å². The summed E-state index contributed by atoms with van der Waals surface area (Å²) < 4.78 is 0. The number of aromatic nitrogens is 2. The second kappa shape index (κ2) is 6.10. The Morgan fingerprint density at radius 2 is 1.81 bits per heavy atom. The highest BCUT2D eigenvalue weighted by Gasteiger charge is 2.16. The van der Waals surface area contributed by atoms with Crippen molar-refractivity contribution in [3.8, 4) is 0 Å². The minimum Gasteiger partial charge on any atom is -0.356 e. The highest BCUT2D eigenvalue weighted by Crippen LogP contribution is 2.21. The van der Waals surface area contributed by atoms with Crippen LogP contribution in [0.5, 0.6) is 0 Å². The Hall–Kier alpha value is -2.14. The van der Waals surface area contributed by atoms with Gasteiger partial charge >= 0.3 is 0 Å². The molecule has 1 aromatic carbocycles. The quantitative estimate of drug-likeness (QED) is 0.665. The van der Waals surface area contributed by atoms with Crippen molar-refractivity contribution >= 4 is 11.6 Å². The van der Waals surface area contributed by atoms with Crippen molar-refractivity contribution in [2.24, 2.45) is 5.84 Å². The molecule has 5 nitrogen and oxygen atoms in total. The molecule has 0 fully saturated rings. The minimum atomic E-state index is 0.679. The highest BCUT2D eigenvalue weighted by molar-refractivity contribution is 5.50. The lowest BCUT2D eigenvalue weighted by atomic mass is 10.0. The van der Waals surface area contributed by atoms with Crippen LogP contribution in [-0.2, 0) is 19.3 Å². The fourth-order valence-corrected chi connectivity index (χ4v) is 2.77. The highest BCUT2D eigenvalue weighted by atomic mass is 15.3. The predicted molar refractivity (Wildman–Crippen MR) is 85.3 cm³/mol. The Kier molecular flexibility index (Phi) is 4.01. The molecule has 5 heteroatoms. The number of nitrogen functional groups attached to an aromatic ring is 1. The molecule has 0 saturated carbocycles. The van der Waals surface area contributed by atoms with Gasteiger partial charge in [-0.25, -0.2) is 15.8 Å². The zero-order chi connectivity index (χ0) is 14.7. The van der Waals surface area contributed by atoms with Gasteiger partial charge in [0.25, 0.3) is 0 Å². The first-order valence-electron chi connectivity index (χ1n) is 7.46. The summed E-state index contributed by atoms with van der Waals surface area (Å²) in [7, 11) is 0. The molecule has 2 heterocycles. The van der Waals surface area contributed by atoms with Gasteiger partial charge in [0.05, 0.1) is 0 Å². The molecule has 0 saturated heterocycles. The molecular weight excluding hydrogens is 262 g/mol. The Labute approximate surface area is 125 Å². The van der Waals surface area contributed by atoms with Gasteiger partial charge in [0.1, 0.15) is 17.5 Å². The van der Waals surface area contributed by atoms with Gasteiger partial charge in [-0.05, 0) is 24.0 Å². The summed E-state index contributed by atoms with van der Waals surface area (Å²) in [5.74, 6) is 7.97. The van der Waals surface area contributed by atoms with Gasteiger partial charge in [0.15, 0.2) is 0 Å². The summed E-state index contributed by atoms with van der Waals surface area (Å²) in [4.78, 5) is 11.3. The Balaban J connectivity index is 1.85.